The van der Waals surface area contributed by atoms with Gasteiger partial charge in [0.05, 0.1) is 0 Å². The van der Waals surface area contributed by atoms with Crippen LogP contribution in [0.3, 0.4) is 0 Å². The third kappa shape index (κ3) is 4.20. The molecule has 1 unspecified atom stereocenters. The second-order valence-electron chi connectivity index (χ2n) is 5.28. The van der Waals surface area contributed by atoms with Crippen molar-refractivity contribution >= 4 is 17.3 Å². The number of ether oxygens (including phenoxy) is 2. The van der Waals surface area contributed by atoms with Gasteiger partial charge in [0.2, 0.25) is 0 Å². The maximum atomic E-state index is 11.4. The third-order valence-electron chi connectivity index (χ3n) is 3.53. The molecule has 1 aliphatic rings. The molecule has 1 aliphatic heterocycles. The van der Waals surface area contributed by atoms with Crippen molar-refractivity contribution in [2.24, 2.45) is 0 Å². The Labute approximate surface area is 144 Å². The largest absolute Gasteiger partial charge is 0.476 e. The Morgan fingerprint density at radius 3 is 2.92 bits per heavy atom. The normalized spacial score (nSPS) is 17.1. The fourth-order valence-electron chi connectivity index (χ4n) is 2.35. The van der Waals surface area contributed by atoms with Gasteiger partial charge >= 0.3 is 5.97 Å². The molecule has 1 aromatic carbocycles. The van der Waals surface area contributed by atoms with E-state index in [2.05, 4.69) is 16.8 Å². The molecule has 124 valence electrons. The summed E-state index contributed by atoms with van der Waals surface area (Å²) in [4.78, 5) is 16.0. The van der Waals surface area contributed by atoms with Crippen LogP contribution in [0, 0.1) is 11.8 Å². The number of aromatic nitrogens is 1. The number of carboxylic acids is 1. The monoisotopic (exact) mass is 343 g/mol. The van der Waals surface area contributed by atoms with E-state index < -0.39 is 5.97 Å². The SMILES string of the molecule is O=C(O)c1nc(-c2ccccc2)sc1C#CCOC1CCCCO1. The van der Waals surface area contributed by atoms with Crippen molar-refractivity contribution in [2.45, 2.75) is 25.6 Å². The molecule has 2 heterocycles. The fourth-order valence-corrected chi connectivity index (χ4v) is 3.28. The predicted molar refractivity (Wildman–Crippen MR) is 90.9 cm³/mol. The zero-order valence-corrected chi connectivity index (χ0v) is 13.8. The highest BCUT2D eigenvalue weighted by Crippen LogP contribution is 2.27. The summed E-state index contributed by atoms with van der Waals surface area (Å²) in [5, 5.41) is 9.96. The smallest absolute Gasteiger partial charge is 0.356 e. The van der Waals surface area contributed by atoms with E-state index in [1.54, 1.807) is 0 Å². The van der Waals surface area contributed by atoms with Gasteiger partial charge in [-0.3, -0.25) is 0 Å². The van der Waals surface area contributed by atoms with E-state index in [0.717, 1.165) is 31.4 Å². The van der Waals surface area contributed by atoms with Crippen LogP contribution in [0.1, 0.15) is 34.6 Å². The summed E-state index contributed by atoms with van der Waals surface area (Å²) in [5.41, 5.74) is 0.866. The molecule has 5 nitrogen and oxygen atoms in total. The molecular weight excluding hydrogens is 326 g/mol. The standard InChI is InChI=1S/C18H17NO4S/c20-18(21)16-14(9-6-12-23-15-10-4-5-11-22-15)24-17(19-16)13-7-2-1-3-8-13/h1-3,7-8,15H,4-5,10-12H2,(H,20,21). The average molecular weight is 343 g/mol. The molecule has 3 rings (SSSR count). The number of nitrogens with zero attached hydrogens (tertiary/aromatic N) is 1. The van der Waals surface area contributed by atoms with Gasteiger partial charge in [0, 0.05) is 12.2 Å². The van der Waals surface area contributed by atoms with Crippen molar-refractivity contribution in [2.75, 3.05) is 13.2 Å². The van der Waals surface area contributed by atoms with Crippen molar-refractivity contribution < 1.29 is 19.4 Å². The number of rotatable bonds is 4. The van der Waals surface area contributed by atoms with E-state index in [9.17, 15) is 9.90 Å². The summed E-state index contributed by atoms with van der Waals surface area (Å²) in [5.74, 6) is 4.66. The second-order valence-corrected chi connectivity index (χ2v) is 6.28. The molecule has 0 aliphatic carbocycles. The zero-order valence-electron chi connectivity index (χ0n) is 13.0. The van der Waals surface area contributed by atoms with E-state index in [0.29, 0.717) is 9.88 Å². The summed E-state index contributed by atoms with van der Waals surface area (Å²) in [6, 6.07) is 9.47. The summed E-state index contributed by atoms with van der Waals surface area (Å²) in [7, 11) is 0. The molecule has 0 bridgehead atoms. The van der Waals surface area contributed by atoms with Crippen LogP contribution in [0.15, 0.2) is 30.3 Å². The molecule has 1 saturated heterocycles. The number of hydrogen-bond acceptors (Lipinski definition) is 5. The highest BCUT2D eigenvalue weighted by molar-refractivity contribution is 7.15. The van der Waals surface area contributed by atoms with Crippen molar-refractivity contribution in [3.05, 3.63) is 40.9 Å². The molecule has 1 fully saturated rings. The first-order chi connectivity index (χ1) is 11.7. The molecule has 0 amide bonds. The Morgan fingerprint density at radius 2 is 2.21 bits per heavy atom. The van der Waals surface area contributed by atoms with Gasteiger partial charge in [0.1, 0.15) is 16.5 Å². The Hall–Kier alpha value is -2.20. The van der Waals surface area contributed by atoms with E-state index in [1.807, 2.05) is 30.3 Å². The van der Waals surface area contributed by atoms with Gasteiger partial charge in [-0.15, -0.1) is 11.3 Å². The first-order valence-corrected chi connectivity index (χ1v) is 8.57. The van der Waals surface area contributed by atoms with Crippen molar-refractivity contribution in [1.29, 1.82) is 0 Å². The molecule has 0 spiro atoms. The molecule has 0 radical (unpaired) electrons. The molecule has 1 atom stereocenters. The van der Waals surface area contributed by atoms with Gasteiger partial charge in [0.25, 0.3) is 0 Å². The molecule has 1 aromatic heterocycles. The van der Waals surface area contributed by atoms with Crippen LogP contribution < -0.4 is 0 Å². The van der Waals surface area contributed by atoms with Crippen molar-refractivity contribution in [3.8, 4) is 22.4 Å². The van der Waals surface area contributed by atoms with E-state index >= 15 is 0 Å². The Kier molecular flexibility index (Phi) is 5.59. The van der Waals surface area contributed by atoms with Gasteiger partial charge in [-0.1, -0.05) is 42.2 Å². The lowest BCUT2D eigenvalue weighted by atomic mass is 10.2. The summed E-state index contributed by atoms with van der Waals surface area (Å²) < 4.78 is 11.0. The lowest BCUT2D eigenvalue weighted by Gasteiger charge is -2.21. The summed E-state index contributed by atoms with van der Waals surface area (Å²) in [6.07, 6.45) is 2.84. The molecule has 6 heteroatoms. The van der Waals surface area contributed by atoms with Crippen LogP contribution in [0.4, 0.5) is 0 Å². The van der Waals surface area contributed by atoms with Crippen LogP contribution in [0.5, 0.6) is 0 Å². The van der Waals surface area contributed by atoms with Gasteiger partial charge in [0.15, 0.2) is 12.0 Å². The first kappa shape index (κ1) is 16.7. The topological polar surface area (TPSA) is 68.7 Å². The fraction of sp³-hybridized carbons (Fsp3) is 0.333. The number of aromatic carboxylic acids is 1. The Balaban J connectivity index is 1.71. The molecule has 1 N–H and O–H groups in total. The minimum absolute atomic E-state index is 0.0136. The maximum Gasteiger partial charge on any atom is 0.356 e. The zero-order chi connectivity index (χ0) is 16.8. The number of hydrogen-bond donors (Lipinski definition) is 1. The van der Waals surface area contributed by atoms with Gasteiger partial charge in [-0.05, 0) is 19.3 Å². The number of carbonyl (C=O) groups is 1. The third-order valence-corrected chi connectivity index (χ3v) is 4.55. The maximum absolute atomic E-state index is 11.4. The molecular formula is C18H17NO4S. The van der Waals surface area contributed by atoms with E-state index in [4.69, 9.17) is 9.47 Å². The van der Waals surface area contributed by atoms with Crippen molar-refractivity contribution in [1.82, 2.24) is 4.98 Å². The number of carboxylic acid groups (broad SMARTS) is 1. The lowest BCUT2D eigenvalue weighted by Crippen LogP contribution is -2.22. The Bertz CT molecular complexity index is 754. The summed E-state index contributed by atoms with van der Waals surface area (Å²) >= 11 is 1.27. The predicted octanol–water partition coefficient (Wildman–Crippen LogP) is 3.40. The Morgan fingerprint density at radius 1 is 1.38 bits per heavy atom. The molecule has 2 aromatic rings. The van der Waals surface area contributed by atoms with Crippen LogP contribution in [-0.4, -0.2) is 35.6 Å². The number of benzene rings is 1. The first-order valence-electron chi connectivity index (χ1n) is 7.75. The van der Waals surface area contributed by atoms with Gasteiger partial charge < -0.3 is 14.6 Å². The second kappa shape index (κ2) is 8.06. The average Bonchev–Trinajstić information content (AvgIpc) is 3.05. The lowest BCUT2D eigenvalue weighted by molar-refractivity contribution is -0.154. The number of thiazole rings is 1. The van der Waals surface area contributed by atoms with E-state index in [-0.39, 0.29) is 18.6 Å². The molecule has 0 saturated carbocycles. The quantitative estimate of drug-likeness (QED) is 0.862. The van der Waals surface area contributed by atoms with Crippen LogP contribution in [-0.2, 0) is 9.47 Å². The van der Waals surface area contributed by atoms with Crippen molar-refractivity contribution in [3.63, 3.8) is 0 Å². The van der Waals surface area contributed by atoms with Crippen LogP contribution >= 0.6 is 11.3 Å². The van der Waals surface area contributed by atoms with E-state index in [1.165, 1.54) is 11.3 Å². The van der Waals surface area contributed by atoms with Crippen LogP contribution in [0.2, 0.25) is 0 Å². The van der Waals surface area contributed by atoms with Crippen LogP contribution in [0.25, 0.3) is 10.6 Å². The van der Waals surface area contributed by atoms with Gasteiger partial charge in [-0.25, -0.2) is 9.78 Å². The highest BCUT2D eigenvalue weighted by atomic mass is 32.1. The summed E-state index contributed by atoms with van der Waals surface area (Å²) in [6.45, 7) is 0.929. The highest BCUT2D eigenvalue weighted by Gasteiger charge is 2.17. The van der Waals surface area contributed by atoms with Gasteiger partial charge in [-0.2, -0.15) is 0 Å². The minimum Gasteiger partial charge on any atom is -0.476 e. The molecule has 24 heavy (non-hydrogen) atoms. The minimum atomic E-state index is -1.07.